The molecule has 0 saturated heterocycles. The molecule has 22 heteroatoms. The average molecular weight is 964 g/mol. The van der Waals surface area contributed by atoms with E-state index in [4.69, 9.17) is 28.7 Å². The lowest BCUT2D eigenvalue weighted by molar-refractivity contribution is -0.142. The first kappa shape index (κ1) is 56.3. The van der Waals surface area contributed by atoms with E-state index in [1.165, 1.54) is 0 Å². The zero-order valence-electron chi connectivity index (χ0n) is 40.1. The van der Waals surface area contributed by atoms with E-state index in [0.717, 1.165) is 16.3 Å². The second-order valence-corrected chi connectivity index (χ2v) is 17.8. The van der Waals surface area contributed by atoms with Crippen molar-refractivity contribution in [1.82, 2.24) is 31.9 Å². The van der Waals surface area contributed by atoms with Crippen molar-refractivity contribution >= 4 is 70.0 Å². The first-order chi connectivity index (χ1) is 32.7. The summed E-state index contributed by atoms with van der Waals surface area (Å²) in [7, 11) is 0. The lowest BCUT2D eigenvalue weighted by atomic mass is 9.85. The molecule has 0 bridgehead atoms. The van der Waals surface area contributed by atoms with Gasteiger partial charge in [-0.3, -0.25) is 48.3 Å². The highest BCUT2D eigenvalue weighted by Crippen LogP contribution is 2.25. The molecule has 380 valence electrons. The van der Waals surface area contributed by atoms with Gasteiger partial charge < -0.3 is 65.7 Å². The zero-order valence-corrected chi connectivity index (χ0v) is 40.1. The standard InChI is InChI=1S/C47H73N13O9/c1-5-26(3)38(40(48)64)59-42(66)34(14-10-22-54-47(51)52)57-44(68)35(25-37(62)63)58-45(69)39(27(4)6-2)60-43(67)33(13-9-21-53-46(49)50)56-41(65)30-17-19-32(20-18-30)55-36(61)24-28-15-16-29-11-7-8-12-31(29)23-28/h7-8,11-12,15-16,23,26-27,30,32-35,38-39H,5-6,9-10,13-14,17-22,24-25H2,1-4H3,(H2,48,64)(H,55,61)(H,56,65)(H,57,68)(H,58,69)(H,59,66)(H,60,67)(H,62,63)(H4,49,50,53)(H4,51,52,54)/t26-,27-,30?,32?,33-,34-,35-,38-,39-/m0/s1. The fourth-order valence-electron chi connectivity index (χ4n) is 8.00. The van der Waals surface area contributed by atoms with Crippen LogP contribution in [0.3, 0.4) is 0 Å². The topological polar surface area (TPSA) is 384 Å². The predicted octanol–water partition coefficient (Wildman–Crippen LogP) is -0.359. The largest absolute Gasteiger partial charge is 0.481 e. The first-order valence-corrected chi connectivity index (χ1v) is 23.6. The highest BCUT2D eigenvalue weighted by Gasteiger charge is 2.36. The van der Waals surface area contributed by atoms with Gasteiger partial charge in [-0.1, -0.05) is 83.0 Å². The van der Waals surface area contributed by atoms with Crippen LogP contribution >= 0.6 is 0 Å². The summed E-state index contributed by atoms with van der Waals surface area (Å²) >= 11 is 0. The summed E-state index contributed by atoms with van der Waals surface area (Å²) in [4.78, 5) is 114. The molecule has 0 unspecified atom stereocenters. The number of nitrogens with zero attached hydrogens (tertiary/aromatic N) is 2. The van der Waals surface area contributed by atoms with Crippen molar-refractivity contribution in [2.24, 2.45) is 56.4 Å². The summed E-state index contributed by atoms with van der Waals surface area (Å²) < 4.78 is 0. The smallest absolute Gasteiger partial charge is 0.305 e. The average Bonchev–Trinajstić information content (AvgIpc) is 3.30. The number of guanidine groups is 2. The minimum atomic E-state index is -1.73. The molecule has 1 saturated carbocycles. The molecule has 7 amide bonds. The molecule has 2 aromatic carbocycles. The molecule has 7 atom stereocenters. The fraction of sp³-hybridized carbons (Fsp3) is 0.574. The van der Waals surface area contributed by atoms with E-state index in [1.54, 1.807) is 27.7 Å². The number of carboxylic acids is 1. The number of aliphatic carboxylic acids is 1. The third kappa shape index (κ3) is 19.3. The molecule has 1 fully saturated rings. The Labute approximate surface area is 402 Å². The highest BCUT2D eigenvalue weighted by atomic mass is 16.4. The lowest BCUT2D eigenvalue weighted by Crippen LogP contribution is -2.60. The van der Waals surface area contributed by atoms with E-state index in [1.807, 2.05) is 42.5 Å². The van der Waals surface area contributed by atoms with Crippen LogP contribution in [-0.2, 0) is 44.8 Å². The van der Waals surface area contributed by atoms with E-state index in [0.29, 0.717) is 38.5 Å². The number of amides is 7. The van der Waals surface area contributed by atoms with Crippen LogP contribution in [0, 0.1) is 17.8 Å². The molecule has 3 rings (SSSR count). The monoisotopic (exact) mass is 964 g/mol. The van der Waals surface area contributed by atoms with Crippen molar-refractivity contribution in [3.05, 3.63) is 48.0 Å². The Kier molecular flexibility index (Phi) is 23.1. The van der Waals surface area contributed by atoms with Gasteiger partial charge in [-0.2, -0.15) is 0 Å². The number of carbonyl (C=O) groups is 8. The summed E-state index contributed by atoms with van der Waals surface area (Å²) in [6.45, 7) is 7.15. The van der Waals surface area contributed by atoms with E-state index in [2.05, 4.69) is 41.9 Å². The van der Waals surface area contributed by atoms with Gasteiger partial charge >= 0.3 is 5.97 Å². The molecule has 0 spiro atoms. The molecule has 69 heavy (non-hydrogen) atoms. The van der Waals surface area contributed by atoms with Crippen LogP contribution in [0.25, 0.3) is 10.8 Å². The molecule has 17 N–H and O–H groups in total. The van der Waals surface area contributed by atoms with Gasteiger partial charge in [0.2, 0.25) is 41.4 Å². The van der Waals surface area contributed by atoms with Crippen molar-refractivity contribution in [2.75, 3.05) is 13.1 Å². The van der Waals surface area contributed by atoms with Gasteiger partial charge in [0.1, 0.15) is 30.2 Å². The highest BCUT2D eigenvalue weighted by molar-refractivity contribution is 5.98. The van der Waals surface area contributed by atoms with Crippen LogP contribution in [0.5, 0.6) is 0 Å². The third-order valence-electron chi connectivity index (χ3n) is 12.4. The number of nitrogens with two attached hydrogens (primary N) is 5. The number of fused-ring (bicyclic) bond motifs is 1. The second-order valence-electron chi connectivity index (χ2n) is 17.8. The number of hydrogen-bond acceptors (Lipinski definition) is 10. The van der Waals surface area contributed by atoms with Crippen molar-refractivity contribution in [3.8, 4) is 0 Å². The molecule has 22 nitrogen and oxygen atoms in total. The Morgan fingerprint density at radius 3 is 1.68 bits per heavy atom. The molecule has 0 radical (unpaired) electrons. The maximum Gasteiger partial charge on any atom is 0.305 e. The van der Waals surface area contributed by atoms with Crippen LogP contribution in [-0.4, -0.2) is 114 Å². The fourth-order valence-corrected chi connectivity index (χ4v) is 8.00. The Bertz CT molecular complexity index is 2150. The van der Waals surface area contributed by atoms with Crippen LogP contribution in [0.2, 0.25) is 0 Å². The Hall–Kier alpha value is -7.00. The number of aliphatic imine (C=N–C) groups is 2. The van der Waals surface area contributed by atoms with Gasteiger partial charge in [0.05, 0.1) is 12.8 Å². The van der Waals surface area contributed by atoms with Gasteiger partial charge in [-0.05, 0) is 79.5 Å². The van der Waals surface area contributed by atoms with Crippen LogP contribution < -0.4 is 60.6 Å². The molecule has 2 aromatic rings. The van der Waals surface area contributed by atoms with Gasteiger partial charge in [0.15, 0.2) is 11.9 Å². The summed E-state index contributed by atoms with van der Waals surface area (Å²) in [6.07, 6.45) is 2.59. The van der Waals surface area contributed by atoms with Gasteiger partial charge in [0, 0.05) is 25.0 Å². The molecule has 1 aliphatic carbocycles. The minimum Gasteiger partial charge on any atom is -0.481 e. The predicted molar refractivity (Wildman–Crippen MR) is 261 cm³/mol. The SMILES string of the molecule is CC[C@H](C)[C@H](NC(=O)[C@H](CCCN=C(N)N)NC(=O)[C@H](CC(=O)O)NC(=O)[C@@H](NC(=O)[C@H](CCCN=C(N)N)NC(=O)C1CCC(NC(=O)Cc2ccc3ccccc3c2)CC1)[C@@H](C)CC)C(N)=O. The molecular weight excluding hydrogens is 891 g/mol. The lowest BCUT2D eigenvalue weighted by Gasteiger charge is -2.31. The number of rotatable bonds is 28. The number of hydrogen-bond donors (Lipinski definition) is 12. The van der Waals surface area contributed by atoms with Crippen molar-refractivity contribution < 1.29 is 43.5 Å². The number of benzene rings is 2. The molecule has 0 aromatic heterocycles. The maximum atomic E-state index is 14.1. The Morgan fingerprint density at radius 2 is 1.14 bits per heavy atom. The van der Waals surface area contributed by atoms with Gasteiger partial charge in [0.25, 0.3) is 0 Å². The van der Waals surface area contributed by atoms with Crippen molar-refractivity contribution in [1.29, 1.82) is 0 Å². The second kappa shape index (κ2) is 28.4. The summed E-state index contributed by atoms with van der Waals surface area (Å²) in [5, 5.41) is 28.1. The summed E-state index contributed by atoms with van der Waals surface area (Å²) in [5.74, 6) is -7.96. The van der Waals surface area contributed by atoms with Gasteiger partial charge in [-0.15, -0.1) is 0 Å². The molecule has 0 aliphatic heterocycles. The van der Waals surface area contributed by atoms with Crippen LogP contribution in [0.15, 0.2) is 52.4 Å². The summed E-state index contributed by atoms with van der Waals surface area (Å²) in [6, 6.07) is 7.05. The minimum absolute atomic E-state index is 0.0549. The first-order valence-electron chi connectivity index (χ1n) is 23.6. The van der Waals surface area contributed by atoms with E-state index < -0.39 is 84.0 Å². The number of carboxylic acid groups (broad SMARTS) is 1. The van der Waals surface area contributed by atoms with Crippen molar-refractivity contribution in [3.63, 3.8) is 0 Å². The van der Waals surface area contributed by atoms with E-state index in [-0.39, 0.29) is 80.9 Å². The number of nitrogens with one attached hydrogen (secondary N) is 6. The molecule has 0 heterocycles. The van der Waals surface area contributed by atoms with E-state index in [9.17, 15) is 43.5 Å². The van der Waals surface area contributed by atoms with Crippen LogP contribution in [0.1, 0.15) is 104 Å². The summed E-state index contributed by atoms with van der Waals surface area (Å²) in [5.41, 5.74) is 28.3. The Morgan fingerprint density at radius 1 is 0.638 bits per heavy atom. The number of carbonyl (C=O) groups excluding carboxylic acids is 7. The van der Waals surface area contributed by atoms with E-state index >= 15 is 0 Å². The molecular formula is C47H73N13O9. The zero-order chi connectivity index (χ0) is 51.2. The molecule has 1 aliphatic rings. The van der Waals surface area contributed by atoms with Gasteiger partial charge in [-0.25, -0.2) is 0 Å². The Balaban J connectivity index is 1.74. The van der Waals surface area contributed by atoms with Crippen LogP contribution in [0.4, 0.5) is 0 Å². The quantitative estimate of drug-likeness (QED) is 0.0295. The maximum absolute atomic E-state index is 14.1. The third-order valence-corrected chi connectivity index (χ3v) is 12.4. The number of primary amides is 1. The van der Waals surface area contributed by atoms with Crippen molar-refractivity contribution in [2.45, 2.75) is 141 Å². The normalized spacial score (nSPS) is 17.4.